The van der Waals surface area contributed by atoms with Crippen molar-refractivity contribution in [2.45, 2.75) is 13.3 Å². The average Bonchev–Trinajstić information content (AvgIpc) is 2.70. The van der Waals surface area contributed by atoms with E-state index in [1.54, 1.807) is 37.5 Å². The summed E-state index contributed by atoms with van der Waals surface area (Å²) < 4.78 is 11.1. The quantitative estimate of drug-likeness (QED) is 0.332. The van der Waals surface area contributed by atoms with Crippen LogP contribution in [0.3, 0.4) is 0 Å². The van der Waals surface area contributed by atoms with Crippen LogP contribution < -0.4 is 14.8 Å². The number of methoxy groups -OCH3 is 1. The summed E-state index contributed by atoms with van der Waals surface area (Å²) in [6.45, 7) is 6.05. The number of anilines is 1. The van der Waals surface area contributed by atoms with Gasteiger partial charge < -0.3 is 14.8 Å². The number of rotatable bonds is 8. The Kier molecular flexibility index (Phi) is 8.14. The third kappa shape index (κ3) is 5.54. The van der Waals surface area contributed by atoms with Gasteiger partial charge in [0, 0.05) is 5.56 Å². The Balaban J connectivity index is 2.43. The highest BCUT2D eigenvalue weighted by Crippen LogP contribution is 2.34. The minimum absolute atomic E-state index is 0.0989. The molecule has 0 spiro atoms. The largest absolute Gasteiger partial charge is 0.493 e. The normalized spacial score (nSPS) is 10.8. The Morgan fingerprint density at radius 2 is 2.10 bits per heavy atom. The van der Waals surface area contributed by atoms with Gasteiger partial charge in [0.25, 0.3) is 5.91 Å². The molecule has 150 valence electrons. The first-order valence-corrected chi connectivity index (χ1v) is 9.52. The number of amides is 1. The molecule has 0 aliphatic heterocycles. The van der Waals surface area contributed by atoms with E-state index in [9.17, 15) is 10.1 Å². The molecule has 0 aliphatic carbocycles. The Morgan fingerprint density at radius 3 is 2.72 bits per heavy atom. The molecule has 1 amide bonds. The van der Waals surface area contributed by atoms with E-state index >= 15 is 0 Å². The summed E-state index contributed by atoms with van der Waals surface area (Å²) in [6.07, 6.45) is 3.75. The topological polar surface area (TPSA) is 71.4 Å². The molecule has 0 fully saturated rings. The van der Waals surface area contributed by atoms with E-state index in [2.05, 4.69) is 11.9 Å². The van der Waals surface area contributed by atoms with E-state index in [1.165, 1.54) is 6.08 Å². The standard InChI is InChI=1S/C22H20Cl2N2O3/c1-4-7-15-10-14(12-19(29-5-2)21(15)28-3)11-16(13-25)22(27)26-18-9-6-8-17(23)20(18)24/h4,6,8-12H,1,5,7H2,2-3H3,(H,26,27)/b16-11-. The van der Waals surface area contributed by atoms with Gasteiger partial charge in [0.15, 0.2) is 11.5 Å². The van der Waals surface area contributed by atoms with Gasteiger partial charge in [-0.1, -0.05) is 35.3 Å². The monoisotopic (exact) mass is 430 g/mol. The summed E-state index contributed by atoms with van der Waals surface area (Å²) in [6, 6.07) is 10.3. The zero-order valence-electron chi connectivity index (χ0n) is 16.1. The number of hydrogen-bond donors (Lipinski definition) is 1. The van der Waals surface area contributed by atoms with Crippen molar-refractivity contribution in [3.63, 3.8) is 0 Å². The van der Waals surface area contributed by atoms with E-state index in [0.29, 0.717) is 40.8 Å². The molecule has 0 unspecified atom stereocenters. The lowest BCUT2D eigenvalue weighted by Gasteiger charge is -2.14. The zero-order chi connectivity index (χ0) is 21.4. The van der Waals surface area contributed by atoms with Crippen LogP contribution in [0.25, 0.3) is 6.08 Å². The second-order valence-corrected chi connectivity index (χ2v) is 6.65. The lowest BCUT2D eigenvalue weighted by atomic mass is 10.0. The van der Waals surface area contributed by atoms with E-state index in [-0.39, 0.29) is 10.6 Å². The number of carbonyl (C=O) groups is 1. The molecule has 0 radical (unpaired) electrons. The molecule has 0 aromatic heterocycles. The molecule has 2 aromatic carbocycles. The number of allylic oxidation sites excluding steroid dienone is 1. The van der Waals surface area contributed by atoms with Gasteiger partial charge in [-0.25, -0.2) is 0 Å². The first kappa shape index (κ1) is 22.4. The first-order valence-electron chi connectivity index (χ1n) is 8.76. The van der Waals surface area contributed by atoms with Crippen molar-refractivity contribution in [2.24, 2.45) is 0 Å². The Hall–Kier alpha value is -2.94. The molecule has 0 saturated heterocycles. The SMILES string of the molecule is C=CCc1cc(/C=C(/C#N)C(=O)Nc2cccc(Cl)c2Cl)cc(OCC)c1OC. The van der Waals surface area contributed by atoms with E-state index < -0.39 is 5.91 Å². The van der Waals surface area contributed by atoms with Crippen LogP contribution >= 0.6 is 23.2 Å². The smallest absolute Gasteiger partial charge is 0.266 e. The number of carbonyl (C=O) groups excluding carboxylic acids is 1. The van der Waals surface area contributed by atoms with Crippen LogP contribution in [0.5, 0.6) is 11.5 Å². The maximum atomic E-state index is 12.6. The molecule has 2 rings (SSSR count). The lowest BCUT2D eigenvalue weighted by Crippen LogP contribution is -2.13. The maximum absolute atomic E-state index is 12.6. The van der Waals surface area contributed by atoms with Crippen molar-refractivity contribution < 1.29 is 14.3 Å². The number of nitrogens with zero attached hydrogens (tertiary/aromatic N) is 1. The van der Waals surface area contributed by atoms with Crippen molar-refractivity contribution in [2.75, 3.05) is 19.0 Å². The summed E-state index contributed by atoms with van der Waals surface area (Å²) in [4.78, 5) is 12.6. The molecular weight excluding hydrogens is 411 g/mol. The van der Waals surface area contributed by atoms with Gasteiger partial charge in [-0.3, -0.25) is 4.79 Å². The summed E-state index contributed by atoms with van der Waals surface area (Å²) in [7, 11) is 1.56. The van der Waals surface area contributed by atoms with Crippen molar-refractivity contribution in [1.82, 2.24) is 0 Å². The van der Waals surface area contributed by atoms with Gasteiger partial charge in [0.2, 0.25) is 0 Å². The Bertz CT molecular complexity index is 994. The zero-order valence-corrected chi connectivity index (χ0v) is 17.6. The molecule has 5 nitrogen and oxygen atoms in total. The van der Waals surface area contributed by atoms with Crippen molar-refractivity contribution >= 4 is 40.9 Å². The van der Waals surface area contributed by atoms with Crippen molar-refractivity contribution in [1.29, 1.82) is 5.26 Å². The van der Waals surface area contributed by atoms with Gasteiger partial charge in [-0.2, -0.15) is 5.26 Å². The highest BCUT2D eigenvalue weighted by atomic mass is 35.5. The fraction of sp³-hybridized carbons (Fsp3) is 0.182. The molecule has 1 N–H and O–H groups in total. The minimum Gasteiger partial charge on any atom is -0.493 e. The van der Waals surface area contributed by atoms with Crippen LogP contribution in [-0.2, 0) is 11.2 Å². The number of halogens is 2. The Labute approximate surface area is 180 Å². The molecule has 0 bridgehead atoms. The predicted molar refractivity (Wildman–Crippen MR) is 117 cm³/mol. The van der Waals surface area contributed by atoms with Gasteiger partial charge >= 0.3 is 0 Å². The maximum Gasteiger partial charge on any atom is 0.266 e. The first-order chi connectivity index (χ1) is 13.9. The average molecular weight is 431 g/mol. The van der Waals surface area contributed by atoms with Gasteiger partial charge in [-0.05, 0) is 49.2 Å². The number of nitriles is 1. The molecule has 29 heavy (non-hydrogen) atoms. The fourth-order valence-corrected chi connectivity index (χ4v) is 3.02. The molecule has 0 atom stereocenters. The molecule has 2 aromatic rings. The van der Waals surface area contributed by atoms with E-state index in [4.69, 9.17) is 32.7 Å². The highest BCUT2D eigenvalue weighted by molar-refractivity contribution is 6.44. The van der Waals surface area contributed by atoms with Crippen LogP contribution in [0.2, 0.25) is 10.0 Å². The van der Waals surface area contributed by atoms with Gasteiger partial charge in [0.05, 0.1) is 29.4 Å². The second-order valence-electron chi connectivity index (χ2n) is 5.86. The highest BCUT2D eigenvalue weighted by Gasteiger charge is 2.15. The van der Waals surface area contributed by atoms with Crippen molar-refractivity contribution in [3.8, 4) is 17.6 Å². The van der Waals surface area contributed by atoms with Crippen LogP contribution in [0, 0.1) is 11.3 Å². The number of benzene rings is 2. The van der Waals surface area contributed by atoms with Crippen LogP contribution in [0.4, 0.5) is 5.69 Å². The fourth-order valence-electron chi connectivity index (χ4n) is 2.67. The lowest BCUT2D eigenvalue weighted by molar-refractivity contribution is -0.112. The number of hydrogen-bond acceptors (Lipinski definition) is 4. The van der Waals surface area contributed by atoms with Crippen LogP contribution in [0.15, 0.2) is 48.6 Å². The summed E-state index contributed by atoms with van der Waals surface area (Å²) in [5, 5.41) is 12.6. The third-order valence-corrected chi connectivity index (χ3v) is 4.72. The minimum atomic E-state index is -0.601. The van der Waals surface area contributed by atoms with Gasteiger partial charge in [-0.15, -0.1) is 6.58 Å². The summed E-state index contributed by atoms with van der Waals surface area (Å²) in [5.74, 6) is 0.518. The van der Waals surface area contributed by atoms with E-state index in [1.807, 2.05) is 19.1 Å². The molecular formula is C22H20Cl2N2O3. The van der Waals surface area contributed by atoms with Crippen LogP contribution in [0.1, 0.15) is 18.1 Å². The summed E-state index contributed by atoms with van der Waals surface area (Å²) >= 11 is 12.1. The molecule has 0 heterocycles. The number of ether oxygens (including phenoxy) is 2. The second kappa shape index (κ2) is 10.6. The predicted octanol–water partition coefficient (Wildman–Crippen LogP) is 5.67. The molecule has 7 heteroatoms. The molecule has 0 saturated carbocycles. The third-order valence-electron chi connectivity index (χ3n) is 3.90. The van der Waals surface area contributed by atoms with Crippen molar-refractivity contribution in [3.05, 3.63) is 69.7 Å². The Morgan fingerprint density at radius 1 is 1.34 bits per heavy atom. The molecule has 0 aliphatic rings. The van der Waals surface area contributed by atoms with Crippen LogP contribution in [-0.4, -0.2) is 19.6 Å². The summed E-state index contributed by atoms with van der Waals surface area (Å²) in [5.41, 5.74) is 1.67. The van der Waals surface area contributed by atoms with E-state index in [0.717, 1.165) is 5.56 Å². The number of nitrogens with one attached hydrogen (secondary N) is 1. The van der Waals surface area contributed by atoms with Gasteiger partial charge in [0.1, 0.15) is 11.6 Å².